The van der Waals surface area contributed by atoms with Crippen LogP contribution in [0.3, 0.4) is 0 Å². The van der Waals surface area contributed by atoms with E-state index in [9.17, 15) is 8.42 Å². The van der Waals surface area contributed by atoms with Gasteiger partial charge in [-0.3, -0.25) is 0 Å². The summed E-state index contributed by atoms with van der Waals surface area (Å²) in [7, 11) is -3.60. The molecule has 2 aliphatic heterocycles. The van der Waals surface area contributed by atoms with Crippen molar-refractivity contribution in [2.24, 2.45) is 0 Å². The molecule has 0 spiro atoms. The van der Waals surface area contributed by atoms with Gasteiger partial charge in [0.05, 0.1) is 18.7 Å². The van der Waals surface area contributed by atoms with Crippen LogP contribution in [0.1, 0.15) is 12.8 Å². The Morgan fingerprint density at radius 3 is 2.77 bits per heavy atom. The molecular formula is C20H24N6O3S2. The zero-order chi connectivity index (χ0) is 21.3. The van der Waals surface area contributed by atoms with Gasteiger partial charge in [-0.15, -0.1) is 11.3 Å². The number of piperidine rings is 1. The number of anilines is 2. The van der Waals surface area contributed by atoms with E-state index in [0.717, 1.165) is 79.4 Å². The standard InChI is InChI=1S/C20H24N6O3S2/c27-31(28,20-21-5-11-30-20)24-15-2-1-6-26(13-15)19-17-4-3-16(12-18(17)22-14-23-19)25-7-9-29-10-8-25/h3-5,11-12,14-15,24H,1-2,6-10,13H2. The number of aromatic nitrogens is 3. The molecule has 0 bridgehead atoms. The summed E-state index contributed by atoms with van der Waals surface area (Å²) in [5.74, 6) is 0.844. The molecule has 0 radical (unpaired) electrons. The van der Waals surface area contributed by atoms with Crippen molar-refractivity contribution in [1.82, 2.24) is 19.7 Å². The molecule has 11 heteroatoms. The van der Waals surface area contributed by atoms with Crippen molar-refractivity contribution in [1.29, 1.82) is 0 Å². The van der Waals surface area contributed by atoms with Gasteiger partial charge in [-0.05, 0) is 31.0 Å². The van der Waals surface area contributed by atoms with Gasteiger partial charge < -0.3 is 14.5 Å². The average Bonchev–Trinajstić information content (AvgIpc) is 3.35. The first-order valence-electron chi connectivity index (χ1n) is 10.3. The van der Waals surface area contributed by atoms with E-state index in [1.54, 1.807) is 11.7 Å². The zero-order valence-electron chi connectivity index (χ0n) is 17.0. The summed E-state index contributed by atoms with van der Waals surface area (Å²) in [6.45, 7) is 4.60. The monoisotopic (exact) mass is 460 g/mol. The summed E-state index contributed by atoms with van der Waals surface area (Å²) < 4.78 is 33.5. The fraction of sp³-hybridized carbons (Fsp3) is 0.450. The molecule has 1 N–H and O–H groups in total. The van der Waals surface area contributed by atoms with Gasteiger partial charge in [-0.25, -0.2) is 28.1 Å². The maximum atomic E-state index is 12.6. The van der Waals surface area contributed by atoms with E-state index >= 15 is 0 Å². The predicted octanol–water partition coefficient (Wildman–Crippen LogP) is 1.87. The number of nitrogens with one attached hydrogen (secondary N) is 1. The minimum Gasteiger partial charge on any atom is -0.378 e. The molecule has 4 heterocycles. The van der Waals surface area contributed by atoms with Crippen LogP contribution >= 0.6 is 11.3 Å². The van der Waals surface area contributed by atoms with E-state index in [2.05, 4.69) is 47.7 Å². The van der Waals surface area contributed by atoms with Crippen LogP contribution in [0.4, 0.5) is 11.5 Å². The molecule has 2 fully saturated rings. The van der Waals surface area contributed by atoms with E-state index in [4.69, 9.17) is 4.74 Å². The molecule has 31 heavy (non-hydrogen) atoms. The number of ether oxygens (including phenoxy) is 1. The lowest BCUT2D eigenvalue weighted by atomic mass is 10.1. The Labute approximate surface area is 185 Å². The number of morpholine rings is 1. The van der Waals surface area contributed by atoms with Gasteiger partial charge in [-0.2, -0.15) is 0 Å². The highest BCUT2D eigenvalue weighted by Crippen LogP contribution is 2.29. The quantitative estimate of drug-likeness (QED) is 0.616. The fourth-order valence-electron chi connectivity index (χ4n) is 4.18. The molecule has 1 unspecified atom stereocenters. The van der Waals surface area contributed by atoms with Crippen molar-refractivity contribution in [3.8, 4) is 0 Å². The first-order valence-corrected chi connectivity index (χ1v) is 12.7. The summed E-state index contributed by atoms with van der Waals surface area (Å²) in [6.07, 6.45) is 4.75. The predicted molar refractivity (Wildman–Crippen MR) is 120 cm³/mol. The Morgan fingerprint density at radius 2 is 1.97 bits per heavy atom. The van der Waals surface area contributed by atoms with Crippen molar-refractivity contribution >= 4 is 43.8 Å². The van der Waals surface area contributed by atoms with Crippen LogP contribution in [-0.2, 0) is 14.8 Å². The Morgan fingerprint density at radius 1 is 1.10 bits per heavy atom. The largest absolute Gasteiger partial charge is 0.378 e. The average molecular weight is 461 g/mol. The van der Waals surface area contributed by atoms with E-state index in [1.807, 2.05) is 0 Å². The van der Waals surface area contributed by atoms with Crippen molar-refractivity contribution in [2.45, 2.75) is 23.2 Å². The summed E-state index contributed by atoms with van der Waals surface area (Å²) in [5.41, 5.74) is 2.02. The third-order valence-electron chi connectivity index (χ3n) is 5.66. The van der Waals surface area contributed by atoms with Gasteiger partial charge in [0.15, 0.2) is 0 Å². The summed E-state index contributed by atoms with van der Waals surface area (Å²) in [4.78, 5) is 17.4. The Bertz CT molecular complexity index is 1150. The van der Waals surface area contributed by atoms with Gasteiger partial charge in [0.25, 0.3) is 10.0 Å². The molecule has 2 aliphatic rings. The van der Waals surface area contributed by atoms with Crippen LogP contribution in [0.2, 0.25) is 0 Å². The highest BCUT2D eigenvalue weighted by molar-refractivity contribution is 7.91. The molecular weight excluding hydrogens is 436 g/mol. The molecule has 164 valence electrons. The van der Waals surface area contributed by atoms with E-state index in [1.165, 1.54) is 6.20 Å². The highest BCUT2D eigenvalue weighted by atomic mass is 32.2. The van der Waals surface area contributed by atoms with Crippen molar-refractivity contribution in [2.75, 3.05) is 49.2 Å². The number of thiazole rings is 1. The van der Waals surface area contributed by atoms with Crippen LogP contribution < -0.4 is 14.5 Å². The molecule has 0 amide bonds. The maximum Gasteiger partial charge on any atom is 0.268 e. The van der Waals surface area contributed by atoms with Crippen LogP contribution in [0, 0.1) is 0 Å². The minimum atomic E-state index is -3.60. The van der Waals surface area contributed by atoms with Crippen molar-refractivity contribution in [3.63, 3.8) is 0 Å². The second-order valence-corrected chi connectivity index (χ2v) is 10.5. The van der Waals surface area contributed by atoms with Crippen LogP contribution in [0.5, 0.6) is 0 Å². The third-order valence-corrected chi connectivity index (χ3v) is 8.38. The summed E-state index contributed by atoms with van der Waals surface area (Å²) in [5, 5.41) is 2.64. The van der Waals surface area contributed by atoms with Crippen LogP contribution in [-0.4, -0.2) is 68.8 Å². The van der Waals surface area contributed by atoms with Gasteiger partial charge in [0.1, 0.15) is 12.1 Å². The third kappa shape index (κ3) is 4.36. The molecule has 1 atom stereocenters. The Balaban J connectivity index is 1.37. The fourth-order valence-corrected chi connectivity index (χ4v) is 6.29. The number of hydrogen-bond donors (Lipinski definition) is 1. The van der Waals surface area contributed by atoms with Gasteiger partial charge in [0.2, 0.25) is 4.34 Å². The smallest absolute Gasteiger partial charge is 0.268 e. The van der Waals surface area contributed by atoms with E-state index in [0.29, 0.717) is 6.54 Å². The second kappa shape index (κ2) is 8.65. The number of rotatable bonds is 5. The lowest BCUT2D eigenvalue weighted by Gasteiger charge is -2.34. The first-order chi connectivity index (χ1) is 15.1. The molecule has 0 aliphatic carbocycles. The van der Waals surface area contributed by atoms with E-state index < -0.39 is 10.0 Å². The molecule has 5 rings (SSSR count). The van der Waals surface area contributed by atoms with Gasteiger partial charge >= 0.3 is 0 Å². The molecule has 9 nitrogen and oxygen atoms in total. The maximum absolute atomic E-state index is 12.6. The SMILES string of the molecule is O=S(=O)(NC1CCCN(c2ncnc3cc(N4CCOCC4)ccc23)C1)c1nccs1. The highest BCUT2D eigenvalue weighted by Gasteiger charge is 2.28. The van der Waals surface area contributed by atoms with Gasteiger partial charge in [0, 0.05) is 54.9 Å². The van der Waals surface area contributed by atoms with E-state index in [-0.39, 0.29) is 10.4 Å². The zero-order valence-corrected chi connectivity index (χ0v) is 18.6. The molecule has 0 saturated carbocycles. The second-order valence-electron chi connectivity index (χ2n) is 7.70. The van der Waals surface area contributed by atoms with Crippen molar-refractivity contribution in [3.05, 3.63) is 36.1 Å². The molecule has 2 saturated heterocycles. The number of hydrogen-bond acceptors (Lipinski definition) is 9. The molecule has 2 aromatic heterocycles. The lowest BCUT2D eigenvalue weighted by Crippen LogP contribution is -2.48. The summed E-state index contributed by atoms with van der Waals surface area (Å²) >= 11 is 1.12. The summed E-state index contributed by atoms with van der Waals surface area (Å²) in [6, 6.07) is 6.07. The van der Waals surface area contributed by atoms with Crippen LogP contribution in [0.15, 0.2) is 40.4 Å². The number of benzene rings is 1. The Hall–Kier alpha value is -2.34. The molecule has 3 aromatic rings. The normalized spacial score (nSPS) is 20.3. The minimum absolute atomic E-state index is 0.104. The van der Waals surface area contributed by atoms with Crippen molar-refractivity contribution < 1.29 is 13.2 Å². The number of nitrogens with zero attached hydrogens (tertiary/aromatic N) is 5. The number of sulfonamides is 1. The first kappa shape index (κ1) is 20.6. The lowest BCUT2D eigenvalue weighted by molar-refractivity contribution is 0.122. The van der Waals surface area contributed by atoms with Gasteiger partial charge in [-0.1, -0.05) is 0 Å². The van der Waals surface area contributed by atoms with Crippen LogP contribution in [0.25, 0.3) is 10.9 Å². The Kier molecular flexibility index (Phi) is 5.74. The number of fused-ring (bicyclic) bond motifs is 1. The topological polar surface area (TPSA) is 101 Å². The molecule has 1 aromatic carbocycles.